The first kappa shape index (κ1) is 10.5. The summed E-state index contributed by atoms with van der Waals surface area (Å²) < 4.78 is 9.93. The lowest BCUT2D eigenvalue weighted by Crippen LogP contribution is -2.27. The molecule has 1 rings (SSSR count). The summed E-state index contributed by atoms with van der Waals surface area (Å²) in [6.45, 7) is 1.79. The van der Waals surface area contributed by atoms with Crippen molar-refractivity contribution in [2.45, 2.75) is 38.0 Å². The predicted octanol–water partition coefficient (Wildman–Crippen LogP) is -0.416. The Balaban J connectivity index is 2.25. The molecular formula is C8H13BO4. The van der Waals surface area contributed by atoms with Gasteiger partial charge in [-0.15, -0.1) is 0 Å². The summed E-state index contributed by atoms with van der Waals surface area (Å²) >= 11 is 0. The Kier molecular flexibility index (Phi) is 3.75. The zero-order valence-electron chi connectivity index (χ0n) is 7.60. The van der Waals surface area contributed by atoms with Gasteiger partial charge in [0.15, 0.2) is 0 Å². The zero-order valence-corrected chi connectivity index (χ0v) is 7.60. The topological polar surface area (TPSA) is 55.8 Å². The maximum Gasteiger partial charge on any atom is 0.305 e. The highest BCUT2D eigenvalue weighted by Crippen LogP contribution is 2.18. The molecule has 1 aliphatic rings. The smallest absolute Gasteiger partial charge is 0.305 e. The monoisotopic (exact) mass is 184 g/mol. The Morgan fingerprint density at radius 2 is 2.46 bits per heavy atom. The lowest BCUT2D eigenvalue weighted by atomic mass is 9.96. The van der Waals surface area contributed by atoms with Crippen LogP contribution in [0.1, 0.15) is 19.8 Å². The minimum absolute atomic E-state index is 0.0849. The van der Waals surface area contributed by atoms with Crippen LogP contribution in [0.5, 0.6) is 0 Å². The van der Waals surface area contributed by atoms with E-state index >= 15 is 0 Å². The molecule has 13 heavy (non-hydrogen) atoms. The number of carbonyl (C=O) groups excluding carboxylic acids is 1. The average molecular weight is 184 g/mol. The summed E-state index contributed by atoms with van der Waals surface area (Å²) in [5, 5.41) is 9.35. The lowest BCUT2D eigenvalue weighted by molar-refractivity contribution is -0.148. The van der Waals surface area contributed by atoms with Gasteiger partial charge in [-0.3, -0.25) is 4.79 Å². The van der Waals surface area contributed by atoms with Crippen LogP contribution in [0.15, 0.2) is 0 Å². The minimum Gasteiger partial charge on any atom is -0.463 e. The second kappa shape index (κ2) is 4.62. The molecule has 2 radical (unpaired) electrons. The molecule has 1 aliphatic heterocycles. The van der Waals surface area contributed by atoms with E-state index in [1.165, 1.54) is 0 Å². The molecule has 0 aromatic carbocycles. The van der Waals surface area contributed by atoms with E-state index in [-0.39, 0.29) is 12.6 Å². The number of rotatable bonds is 3. The molecule has 0 bridgehead atoms. The number of aliphatic hydroxyl groups excluding tert-OH is 1. The summed E-state index contributed by atoms with van der Waals surface area (Å²) in [7, 11) is 5.43. The van der Waals surface area contributed by atoms with Crippen molar-refractivity contribution in [2.24, 2.45) is 0 Å². The molecule has 4 nitrogen and oxygen atoms in total. The number of hydrogen-bond acceptors (Lipinski definition) is 4. The van der Waals surface area contributed by atoms with Crippen LogP contribution in [0.3, 0.4) is 0 Å². The number of carbonyl (C=O) groups is 1. The van der Waals surface area contributed by atoms with Gasteiger partial charge in [0, 0.05) is 12.4 Å². The van der Waals surface area contributed by atoms with E-state index in [0.29, 0.717) is 12.8 Å². The molecule has 0 unspecified atom stereocenters. The molecule has 0 spiro atoms. The van der Waals surface area contributed by atoms with Crippen LogP contribution in [-0.2, 0) is 14.3 Å². The van der Waals surface area contributed by atoms with Gasteiger partial charge in [0.1, 0.15) is 20.6 Å². The van der Waals surface area contributed by atoms with Gasteiger partial charge >= 0.3 is 5.97 Å². The SMILES string of the molecule is [B][C@@H]1C[C@H](O)[C@H](COC(=O)CC)O1. The van der Waals surface area contributed by atoms with Gasteiger partial charge in [-0.05, 0) is 6.42 Å². The van der Waals surface area contributed by atoms with E-state index in [9.17, 15) is 9.90 Å². The Labute approximate surface area is 78.6 Å². The molecule has 0 aromatic rings. The highest BCUT2D eigenvalue weighted by atomic mass is 16.6. The van der Waals surface area contributed by atoms with Gasteiger partial charge in [-0.25, -0.2) is 0 Å². The fourth-order valence-electron chi connectivity index (χ4n) is 1.19. The van der Waals surface area contributed by atoms with Crippen LogP contribution in [0.4, 0.5) is 0 Å². The number of ether oxygens (including phenoxy) is 2. The van der Waals surface area contributed by atoms with Crippen molar-refractivity contribution in [1.82, 2.24) is 0 Å². The Bertz CT molecular complexity index is 185. The fraction of sp³-hybridized carbons (Fsp3) is 0.875. The largest absolute Gasteiger partial charge is 0.463 e. The van der Waals surface area contributed by atoms with Crippen LogP contribution in [0.2, 0.25) is 0 Å². The second-order valence-electron chi connectivity index (χ2n) is 3.05. The van der Waals surface area contributed by atoms with Crippen molar-refractivity contribution in [3.63, 3.8) is 0 Å². The van der Waals surface area contributed by atoms with E-state index in [1.54, 1.807) is 6.92 Å². The molecule has 0 saturated carbocycles. The minimum atomic E-state index is -0.625. The van der Waals surface area contributed by atoms with Crippen molar-refractivity contribution < 1.29 is 19.4 Å². The van der Waals surface area contributed by atoms with Crippen LogP contribution < -0.4 is 0 Å². The molecule has 5 heteroatoms. The molecule has 0 aromatic heterocycles. The van der Waals surface area contributed by atoms with Crippen molar-refractivity contribution in [1.29, 1.82) is 0 Å². The first-order chi connectivity index (χ1) is 6.13. The van der Waals surface area contributed by atoms with Crippen molar-refractivity contribution in [3.05, 3.63) is 0 Å². The van der Waals surface area contributed by atoms with Crippen LogP contribution in [-0.4, -0.2) is 43.7 Å². The number of hydrogen-bond donors (Lipinski definition) is 1. The summed E-state index contributed by atoms with van der Waals surface area (Å²) in [5.41, 5.74) is 0. The first-order valence-corrected chi connectivity index (χ1v) is 4.38. The zero-order chi connectivity index (χ0) is 9.84. The molecule has 1 heterocycles. The van der Waals surface area contributed by atoms with Crippen LogP contribution >= 0.6 is 0 Å². The normalized spacial score (nSPS) is 33.2. The number of aliphatic hydroxyl groups is 1. The number of esters is 1. The van der Waals surface area contributed by atoms with Crippen LogP contribution in [0, 0.1) is 0 Å². The molecule has 0 aliphatic carbocycles. The van der Waals surface area contributed by atoms with Gasteiger partial charge in [0.25, 0.3) is 0 Å². The Morgan fingerprint density at radius 1 is 1.77 bits per heavy atom. The third kappa shape index (κ3) is 3.01. The lowest BCUT2D eigenvalue weighted by Gasteiger charge is -2.13. The maximum absolute atomic E-state index is 10.8. The highest BCUT2D eigenvalue weighted by molar-refractivity contribution is 6.11. The third-order valence-corrected chi connectivity index (χ3v) is 1.95. The summed E-state index contributed by atoms with van der Waals surface area (Å²) in [5.74, 6) is -0.295. The molecule has 0 amide bonds. The van der Waals surface area contributed by atoms with Gasteiger partial charge in [0.05, 0.1) is 6.10 Å². The van der Waals surface area contributed by atoms with E-state index in [4.69, 9.17) is 17.3 Å². The van der Waals surface area contributed by atoms with Crippen LogP contribution in [0.25, 0.3) is 0 Å². The van der Waals surface area contributed by atoms with E-state index in [0.717, 1.165) is 0 Å². The van der Waals surface area contributed by atoms with Crippen molar-refractivity contribution >= 4 is 13.8 Å². The predicted molar refractivity (Wildman–Crippen MR) is 46.3 cm³/mol. The standard InChI is InChI=1S/C8H13BO4/c1-2-8(11)12-4-6-5(10)3-7(9)13-6/h5-7,10H,2-4H2,1H3/t5-,6-,7-/m0/s1. The third-order valence-electron chi connectivity index (χ3n) is 1.95. The van der Waals surface area contributed by atoms with Crippen molar-refractivity contribution in [2.75, 3.05) is 6.61 Å². The molecule has 3 atom stereocenters. The summed E-state index contributed by atoms with van der Waals surface area (Å²) in [6, 6.07) is -0.444. The highest BCUT2D eigenvalue weighted by Gasteiger charge is 2.31. The molecule has 1 saturated heterocycles. The van der Waals surface area contributed by atoms with E-state index in [1.807, 2.05) is 0 Å². The summed E-state index contributed by atoms with van der Waals surface area (Å²) in [6.07, 6.45) is -0.367. The Hall–Kier alpha value is -0.545. The van der Waals surface area contributed by atoms with Gasteiger partial charge in [-0.1, -0.05) is 6.92 Å². The van der Waals surface area contributed by atoms with Gasteiger partial charge in [0.2, 0.25) is 0 Å². The van der Waals surface area contributed by atoms with E-state index in [2.05, 4.69) is 0 Å². The maximum atomic E-state index is 10.8. The van der Waals surface area contributed by atoms with E-state index < -0.39 is 18.2 Å². The van der Waals surface area contributed by atoms with Gasteiger partial charge in [-0.2, -0.15) is 0 Å². The Morgan fingerprint density at radius 3 is 2.92 bits per heavy atom. The molecule has 1 fully saturated rings. The van der Waals surface area contributed by atoms with Gasteiger partial charge < -0.3 is 14.6 Å². The first-order valence-electron chi connectivity index (χ1n) is 4.38. The molecule has 72 valence electrons. The quantitative estimate of drug-likeness (QED) is 0.478. The molecular weight excluding hydrogens is 171 g/mol. The second-order valence-corrected chi connectivity index (χ2v) is 3.05. The summed E-state index contributed by atoms with van der Waals surface area (Å²) in [4.78, 5) is 10.8. The molecule has 1 N–H and O–H groups in total. The average Bonchev–Trinajstić information content (AvgIpc) is 2.41. The fourth-order valence-corrected chi connectivity index (χ4v) is 1.19. The van der Waals surface area contributed by atoms with Crippen molar-refractivity contribution in [3.8, 4) is 0 Å².